The van der Waals surface area contributed by atoms with Crippen LogP contribution in [0.3, 0.4) is 0 Å². The van der Waals surface area contributed by atoms with Crippen LogP contribution in [-0.2, 0) is 21.8 Å². The molecular formula is C28H28FeNOP. The van der Waals surface area contributed by atoms with E-state index in [1.807, 2.05) is 30.3 Å². The van der Waals surface area contributed by atoms with Crippen LogP contribution in [0.15, 0.2) is 126 Å². The molecular weight excluding hydrogens is 453 g/mol. The van der Waals surface area contributed by atoms with Gasteiger partial charge in [0.15, 0.2) is 0 Å². The van der Waals surface area contributed by atoms with Crippen molar-refractivity contribution in [2.24, 2.45) is 5.92 Å². The van der Waals surface area contributed by atoms with Crippen molar-refractivity contribution >= 4 is 18.5 Å². The average molecular weight is 481 g/mol. The van der Waals surface area contributed by atoms with Gasteiger partial charge in [-0.1, -0.05) is 105 Å². The summed E-state index contributed by atoms with van der Waals surface area (Å²) in [7, 11) is -0.636. The SMILES string of the molecule is CC(C)[C@H]1CO/C(=C2/C=CC=C2P(c2ccccc2)c2ccccc2)[N-]1.[Fe+2].c1cc[cH-]c1. The van der Waals surface area contributed by atoms with Gasteiger partial charge in [0.1, 0.15) is 0 Å². The van der Waals surface area contributed by atoms with Gasteiger partial charge in [0.05, 0.1) is 6.61 Å². The molecule has 1 heterocycles. The van der Waals surface area contributed by atoms with E-state index in [9.17, 15) is 0 Å². The first-order valence-corrected chi connectivity index (χ1v) is 12.1. The fourth-order valence-electron chi connectivity index (χ4n) is 3.57. The van der Waals surface area contributed by atoms with Gasteiger partial charge in [-0.25, -0.2) is 12.1 Å². The largest absolute Gasteiger partial charge is 2.00 e. The fourth-order valence-corrected chi connectivity index (χ4v) is 6.01. The average Bonchev–Trinajstić information content (AvgIpc) is 3.58. The molecule has 0 bridgehead atoms. The van der Waals surface area contributed by atoms with Crippen LogP contribution in [0.25, 0.3) is 5.32 Å². The molecule has 1 fully saturated rings. The second-order valence-corrected chi connectivity index (χ2v) is 10.0. The minimum Gasteiger partial charge on any atom is -0.648 e. The zero-order chi connectivity index (χ0) is 21.5. The molecule has 5 rings (SSSR count). The Labute approximate surface area is 203 Å². The summed E-state index contributed by atoms with van der Waals surface area (Å²) in [5.74, 6) is 1.30. The summed E-state index contributed by atoms with van der Waals surface area (Å²) < 4.78 is 5.99. The van der Waals surface area contributed by atoms with Crippen molar-refractivity contribution in [1.29, 1.82) is 0 Å². The van der Waals surface area contributed by atoms with E-state index < -0.39 is 7.92 Å². The van der Waals surface area contributed by atoms with Crippen molar-refractivity contribution in [1.82, 2.24) is 0 Å². The Hall–Kier alpha value is -2.44. The molecule has 3 aromatic carbocycles. The molecule has 0 spiro atoms. The normalized spacial score (nSPS) is 19.0. The minimum atomic E-state index is -0.636. The number of nitrogens with zero attached hydrogens (tertiary/aromatic N) is 1. The maximum Gasteiger partial charge on any atom is 2.00 e. The number of hydrogen-bond acceptors (Lipinski definition) is 1. The molecule has 32 heavy (non-hydrogen) atoms. The molecule has 0 saturated carbocycles. The second kappa shape index (κ2) is 12.0. The van der Waals surface area contributed by atoms with Crippen LogP contribution >= 0.6 is 7.92 Å². The molecule has 1 atom stereocenters. The zero-order valence-electron chi connectivity index (χ0n) is 18.4. The van der Waals surface area contributed by atoms with Crippen molar-refractivity contribution in [3.63, 3.8) is 0 Å². The Morgan fingerprint density at radius 1 is 0.906 bits per heavy atom. The van der Waals surface area contributed by atoms with Gasteiger partial charge < -0.3 is 10.1 Å². The van der Waals surface area contributed by atoms with E-state index in [4.69, 9.17) is 10.1 Å². The van der Waals surface area contributed by atoms with Crippen molar-refractivity contribution in [3.8, 4) is 0 Å². The van der Waals surface area contributed by atoms with E-state index >= 15 is 0 Å². The summed E-state index contributed by atoms with van der Waals surface area (Å²) in [6.45, 7) is 5.09. The third-order valence-electron chi connectivity index (χ3n) is 5.29. The summed E-state index contributed by atoms with van der Waals surface area (Å²) in [5.41, 5.74) is 1.15. The van der Waals surface area contributed by atoms with Crippen molar-refractivity contribution in [2.75, 3.05) is 6.61 Å². The molecule has 0 aromatic heterocycles. The minimum absolute atomic E-state index is 0. The second-order valence-electron chi connectivity index (χ2n) is 7.85. The third-order valence-corrected chi connectivity index (χ3v) is 7.79. The Bertz CT molecular complexity index is 983. The van der Waals surface area contributed by atoms with Crippen molar-refractivity contribution in [2.45, 2.75) is 19.9 Å². The van der Waals surface area contributed by atoms with E-state index in [-0.39, 0.29) is 23.1 Å². The number of hydrogen-bond donors (Lipinski definition) is 0. The molecule has 1 saturated heterocycles. The van der Waals surface area contributed by atoms with E-state index in [0.29, 0.717) is 12.5 Å². The molecule has 1 aliphatic carbocycles. The Balaban J connectivity index is 0.000000427. The van der Waals surface area contributed by atoms with Crippen LogP contribution < -0.4 is 10.6 Å². The topological polar surface area (TPSA) is 23.3 Å². The van der Waals surface area contributed by atoms with Crippen LogP contribution in [0.1, 0.15) is 13.8 Å². The van der Waals surface area contributed by atoms with E-state index in [0.717, 1.165) is 11.5 Å². The summed E-state index contributed by atoms with van der Waals surface area (Å²) >= 11 is 0. The summed E-state index contributed by atoms with van der Waals surface area (Å²) in [6.07, 6.45) is 6.51. The third kappa shape index (κ3) is 5.87. The monoisotopic (exact) mass is 481 g/mol. The van der Waals surface area contributed by atoms with Gasteiger partial charge >= 0.3 is 17.1 Å². The van der Waals surface area contributed by atoms with Crippen LogP contribution in [-0.4, -0.2) is 12.6 Å². The fraction of sp³-hybridized carbons (Fsp3) is 0.179. The van der Waals surface area contributed by atoms with Gasteiger partial charge in [-0.2, -0.15) is 18.2 Å². The predicted octanol–water partition coefficient (Wildman–Crippen LogP) is 6.62. The summed E-state index contributed by atoms with van der Waals surface area (Å²) in [5, 5.41) is 8.88. The standard InChI is InChI=1S/C23H23NOP.C5H5.Fe/c1-17(2)21-16-25-23(24-21)20-14-9-15-22(20)26(18-10-5-3-6-11-18)19-12-7-4-8-13-19;1-2-4-5-3-1;/h3-15,17,21H,16H2,1-2H3;1-5H;/q2*-1;+2/b23-20-;;/t21-;;/m1../s1. The summed E-state index contributed by atoms with van der Waals surface area (Å²) in [4.78, 5) is 0. The van der Waals surface area contributed by atoms with Gasteiger partial charge in [0, 0.05) is 11.5 Å². The maximum atomic E-state index is 5.99. The first kappa shape index (κ1) is 24.2. The van der Waals surface area contributed by atoms with Crippen molar-refractivity contribution in [3.05, 3.63) is 131 Å². The van der Waals surface area contributed by atoms with E-state index in [2.05, 4.69) is 92.7 Å². The van der Waals surface area contributed by atoms with Gasteiger partial charge in [0.2, 0.25) is 0 Å². The molecule has 4 heteroatoms. The van der Waals surface area contributed by atoms with Crippen LogP contribution in [0.4, 0.5) is 0 Å². The smallest absolute Gasteiger partial charge is 0.648 e. The number of ether oxygens (including phenoxy) is 1. The number of benzene rings is 2. The molecule has 0 radical (unpaired) electrons. The van der Waals surface area contributed by atoms with Gasteiger partial charge in [0.25, 0.3) is 0 Å². The summed E-state index contributed by atoms with van der Waals surface area (Å²) in [6, 6.07) is 31.8. The van der Waals surface area contributed by atoms with Gasteiger partial charge in [-0.15, -0.1) is 0 Å². The van der Waals surface area contributed by atoms with Crippen LogP contribution in [0.2, 0.25) is 0 Å². The number of allylic oxidation sites excluding steroid dienone is 5. The first-order valence-electron chi connectivity index (χ1n) is 10.8. The Morgan fingerprint density at radius 3 is 1.97 bits per heavy atom. The zero-order valence-corrected chi connectivity index (χ0v) is 20.4. The molecule has 1 aliphatic heterocycles. The quantitative estimate of drug-likeness (QED) is 0.234. The first-order chi connectivity index (χ1) is 15.2. The molecule has 0 N–H and O–H groups in total. The molecule has 164 valence electrons. The predicted molar refractivity (Wildman–Crippen MR) is 133 cm³/mol. The van der Waals surface area contributed by atoms with Crippen molar-refractivity contribution < 1.29 is 21.8 Å². The van der Waals surface area contributed by atoms with Gasteiger partial charge in [-0.3, -0.25) is 0 Å². The van der Waals surface area contributed by atoms with Gasteiger partial charge in [-0.05, 0) is 23.8 Å². The molecule has 3 aromatic rings. The van der Waals surface area contributed by atoms with Crippen LogP contribution in [0.5, 0.6) is 0 Å². The van der Waals surface area contributed by atoms with Crippen LogP contribution in [0, 0.1) is 5.92 Å². The molecule has 2 nitrogen and oxygen atoms in total. The maximum absolute atomic E-state index is 5.99. The van der Waals surface area contributed by atoms with E-state index in [1.54, 1.807) is 0 Å². The Morgan fingerprint density at radius 2 is 1.50 bits per heavy atom. The molecule has 2 aliphatic rings. The molecule has 0 unspecified atom stereocenters. The number of rotatable bonds is 4. The Kier molecular flexibility index (Phi) is 9.06. The van der Waals surface area contributed by atoms with E-state index in [1.165, 1.54) is 15.9 Å². The molecule has 0 amide bonds.